The summed E-state index contributed by atoms with van der Waals surface area (Å²) in [5.74, 6) is 1.90. The van der Waals surface area contributed by atoms with Crippen LogP contribution in [0, 0.1) is 13.8 Å². The molecular weight excluding hydrogens is 364 g/mol. The van der Waals surface area contributed by atoms with Crippen LogP contribution in [-0.4, -0.2) is 36.2 Å². The second kappa shape index (κ2) is 7.90. The van der Waals surface area contributed by atoms with E-state index in [2.05, 4.69) is 74.2 Å². The second-order valence-electron chi connectivity index (χ2n) is 7.42. The van der Waals surface area contributed by atoms with Crippen molar-refractivity contribution in [1.29, 1.82) is 0 Å². The Kier molecular flexibility index (Phi) is 5.16. The van der Waals surface area contributed by atoms with Crippen molar-refractivity contribution in [2.75, 3.05) is 11.9 Å². The number of anilines is 2. The highest BCUT2D eigenvalue weighted by Crippen LogP contribution is 2.20. The number of rotatable bonds is 6. The minimum atomic E-state index is 0.486. The van der Waals surface area contributed by atoms with Crippen LogP contribution in [0.15, 0.2) is 43.1 Å². The van der Waals surface area contributed by atoms with E-state index in [1.807, 2.05) is 13.2 Å². The van der Waals surface area contributed by atoms with Gasteiger partial charge in [-0.3, -0.25) is 10.00 Å². The Bertz CT molecular complexity index is 1040. The molecular formula is C21H26N8. The van der Waals surface area contributed by atoms with Crippen LogP contribution in [0.3, 0.4) is 0 Å². The summed E-state index contributed by atoms with van der Waals surface area (Å²) in [7, 11) is 1.82. The zero-order chi connectivity index (χ0) is 20.4. The molecule has 2 N–H and O–H groups in total. The van der Waals surface area contributed by atoms with Crippen LogP contribution in [0.1, 0.15) is 27.9 Å². The summed E-state index contributed by atoms with van der Waals surface area (Å²) in [6.07, 6.45) is 4.41. The average Bonchev–Trinajstić information content (AvgIpc) is 3.12. The summed E-state index contributed by atoms with van der Waals surface area (Å²) in [5, 5.41) is 10.7. The van der Waals surface area contributed by atoms with Gasteiger partial charge >= 0.3 is 0 Å². The zero-order valence-electron chi connectivity index (χ0n) is 17.1. The maximum atomic E-state index is 4.67. The van der Waals surface area contributed by atoms with Crippen LogP contribution in [0.5, 0.6) is 0 Å². The van der Waals surface area contributed by atoms with E-state index < -0.39 is 0 Å². The van der Waals surface area contributed by atoms with Crippen molar-refractivity contribution in [3.05, 3.63) is 71.1 Å². The van der Waals surface area contributed by atoms with Gasteiger partial charge in [0.25, 0.3) is 0 Å². The maximum absolute atomic E-state index is 4.67. The summed E-state index contributed by atoms with van der Waals surface area (Å²) >= 11 is 0. The first-order valence-electron chi connectivity index (χ1n) is 9.69. The Balaban J connectivity index is 1.39. The third kappa shape index (κ3) is 4.37. The largest absolute Gasteiger partial charge is 0.368 e. The maximum Gasteiger partial charge on any atom is 0.248 e. The molecule has 29 heavy (non-hydrogen) atoms. The summed E-state index contributed by atoms with van der Waals surface area (Å²) in [6, 6.07) is 6.54. The third-order valence-corrected chi connectivity index (χ3v) is 5.22. The van der Waals surface area contributed by atoms with Crippen molar-refractivity contribution in [1.82, 2.24) is 34.9 Å². The fraction of sp³-hybridized carbons (Fsp3) is 0.333. The molecule has 0 unspecified atom stereocenters. The topological polar surface area (TPSA) is 83.8 Å². The molecule has 8 heteroatoms. The van der Waals surface area contributed by atoms with Crippen molar-refractivity contribution in [2.45, 2.75) is 33.4 Å². The van der Waals surface area contributed by atoms with Crippen LogP contribution >= 0.6 is 0 Å². The normalized spacial score (nSPS) is 13.1. The summed E-state index contributed by atoms with van der Waals surface area (Å²) < 4.78 is 1.63. The lowest BCUT2D eigenvalue weighted by atomic mass is 10.1. The van der Waals surface area contributed by atoms with Crippen LogP contribution in [0.4, 0.5) is 11.9 Å². The number of nitrogens with zero attached hydrogens (tertiary/aromatic N) is 6. The molecule has 2 aromatic heterocycles. The molecule has 0 saturated carbocycles. The van der Waals surface area contributed by atoms with Gasteiger partial charge in [0.1, 0.15) is 6.33 Å². The number of nitrogens with one attached hydrogen (secondary N) is 2. The summed E-state index contributed by atoms with van der Waals surface area (Å²) in [4.78, 5) is 15.4. The van der Waals surface area contributed by atoms with Gasteiger partial charge < -0.3 is 10.2 Å². The van der Waals surface area contributed by atoms with Gasteiger partial charge in [-0.2, -0.15) is 0 Å². The molecule has 0 atom stereocenters. The lowest BCUT2D eigenvalue weighted by molar-refractivity contribution is 0.294. The Labute approximate surface area is 170 Å². The molecule has 0 radical (unpaired) electrons. The van der Waals surface area contributed by atoms with Crippen LogP contribution in [-0.2, 0) is 26.6 Å². The fourth-order valence-electron chi connectivity index (χ4n) is 3.32. The minimum Gasteiger partial charge on any atom is -0.368 e. The Morgan fingerprint density at radius 3 is 2.79 bits per heavy atom. The lowest BCUT2D eigenvalue weighted by Crippen LogP contribution is -2.36. The monoisotopic (exact) mass is 390 g/mol. The molecule has 0 saturated heterocycles. The number of aryl methyl sites for hydroxylation is 3. The van der Waals surface area contributed by atoms with E-state index in [1.54, 1.807) is 11.0 Å². The second-order valence-corrected chi connectivity index (χ2v) is 7.42. The first kappa shape index (κ1) is 18.9. The van der Waals surface area contributed by atoms with E-state index in [4.69, 9.17) is 0 Å². The molecule has 1 aliphatic heterocycles. The molecule has 0 aliphatic carbocycles. The molecule has 1 aliphatic rings. The minimum absolute atomic E-state index is 0.486. The number of hydrogen-bond acceptors (Lipinski definition) is 7. The molecule has 4 rings (SSSR count). The fourth-order valence-corrected chi connectivity index (χ4v) is 3.32. The highest BCUT2D eigenvalue weighted by Gasteiger charge is 2.20. The number of benzene rings is 1. The standard InChI is InChI=1S/C21H26N8/c1-14-5-6-17(9-15(14)2)10-22-16(3)29-8-7-18-11-23-20(25-19(18)12-29)26-21-24-13-28(4)27-21/h5-6,9,11,13,22H,3,7-8,10,12H2,1-2,4H3,(H,23,25,26,27). The predicted molar refractivity (Wildman–Crippen MR) is 112 cm³/mol. The van der Waals surface area contributed by atoms with Crippen molar-refractivity contribution in [2.24, 2.45) is 7.05 Å². The highest BCUT2D eigenvalue weighted by atomic mass is 15.4. The molecule has 1 aromatic carbocycles. The molecule has 0 fully saturated rings. The number of aromatic nitrogens is 5. The molecule has 3 heterocycles. The predicted octanol–water partition coefficient (Wildman–Crippen LogP) is 2.58. The van der Waals surface area contributed by atoms with Crippen molar-refractivity contribution in [3.8, 4) is 0 Å². The van der Waals surface area contributed by atoms with Gasteiger partial charge in [0.15, 0.2) is 0 Å². The number of hydrogen-bond donors (Lipinski definition) is 2. The SMILES string of the molecule is C=C(NCc1ccc(C)c(C)c1)N1CCc2cnc(Nc3ncn(C)n3)nc2C1. The van der Waals surface area contributed by atoms with Gasteiger partial charge in [0, 0.05) is 26.3 Å². The third-order valence-electron chi connectivity index (χ3n) is 5.22. The van der Waals surface area contributed by atoms with Crippen LogP contribution in [0.2, 0.25) is 0 Å². The molecule has 3 aromatic rings. The van der Waals surface area contributed by atoms with Gasteiger partial charge in [0.05, 0.1) is 18.1 Å². The van der Waals surface area contributed by atoms with Crippen molar-refractivity contribution >= 4 is 11.9 Å². The van der Waals surface area contributed by atoms with E-state index in [-0.39, 0.29) is 0 Å². The summed E-state index contributed by atoms with van der Waals surface area (Å²) in [6.45, 7) is 10.8. The molecule has 0 spiro atoms. The Hall–Kier alpha value is -3.42. The quantitative estimate of drug-likeness (QED) is 0.669. The molecule has 0 bridgehead atoms. The lowest BCUT2D eigenvalue weighted by Gasteiger charge is -2.31. The first-order valence-corrected chi connectivity index (χ1v) is 9.69. The van der Waals surface area contributed by atoms with E-state index in [9.17, 15) is 0 Å². The Morgan fingerprint density at radius 2 is 2.03 bits per heavy atom. The van der Waals surface area contributed by atoms with E-state index in [0.29, 0.717) is 18.4 Å². The van der Waals surface area contributed by atoms with Gasteiger partial charge in [-0.05, 0) is 42.5 Å². The van der Waals surface area contributed by atoms with Gasteiger partial charge in [0.2, 0.25) is 11.9 Å². The van der Waals surface area contributed by atoms with Crippen molar-refractivity contribution in [3.63, 3.8) is 0 Å². The first-order chi connectivity index (χ1) is 14.0. The summed E-state index contributed by atoms with van der Waals surface area (Å²) in [5.41, 5.74) is 6.04. The van der Waals surface area contributed by atoms with E-state index in [1.165, 1.54) is 22.3 Å². The average molecular weight is 390 g/mol. The Morgan fingerprint density at radius 1 is 1.17 bits per heavy atom. The molecule has 0 amide bonds. The molecule has 8 nitrogen and oxygen atoms in total. The van der Waals surface area contributed by atoms with E-state index >= 15 is 0 Å². The van der Waals surface area contributed by atoms with Gasteiger partial charge in [-0.1, -0.05) is 24.8 Å². The van der Waals surface area contributed by atoms with E-state index in [0.717, 1.165) is 31.0 Å². The zero-order valence-corrected chi connectivity index (χ0v) is 17.1. The van der Waals surface area contributed by atoms with Gasteiger partial charge in [-0.25, -0.2) is 15.0 Å². The van der Waals surface area contributed by atoms with Crippen molar-refractivity contribution < 1.29 is 0 Å². The molecule has 150 valence electrons. The van der Waals surface area contributed by atoms with Gasteiger partial charge in [-0.15, -0.1) is 5.10 Å². The van der Waals surface area contributed by atoms with Crippen LogP contribution < -0.4 is 10.6 Å². The van der Waals surface area contributed by atoms with Crippen LogP contribution in [0.25, 0.3) is 0 Å². The smallest absolute Gasteiger partial charge is 0.248 e. The highest BCUT2D eigenvalue weighted by molar-refractivity contribution is 5.42. The number of fused-ring (bicyclic) bond motifs is 1.